The molecule has 0 atom stereocenters. The number of ether oxygens (including phenoxy) is 1. The standard InChI is InChI=1S/C14H11BrClFO/c1-9-5-6-13(11(16)7-9)18-8-10-3-2-4-12(17)14(10)15/h2-7H,8H2,1H3. The molecular formula is C14H11BrClFO. The fourth-order valence-electron chi connectivity index (χ4n) is 1.54. The molecule has 0 saturated carbocycles. The van der Waals surface area contributed by atoms with Gasteiger partial charge in [-0.3, -0.25) is 0 Å². The molecule has 2 rings (SSSR count). The van der Waals surface area contributed by atoms with Crippen molar-refractivity contribution in [3.8, 4) is 5.75 Å². The minimum Gasteiger partial charge on any atom is -0.487 e. The lowest BCUT2D eigenvalue weighted by molar-refractivity contribution is 0.305. The predicted molar refractivity (Wildman–Crippen MR) is 74.6 cm³/mol. The van der Waals surface area contributed by atoms with Crippen LogP contribution in [-0.2, 0) is 6.61 Å². The second kappa shape index (κ2) is 5.72. The van der Waals surface area contributed by atoms with Crippen molar-refractivity contribution in [3.05, 3.63) is 62.8 Å². The minimum atomic E-state index is -0.300. The van der Waals surface area contributed by atoms with E-state index in [1.54, 1.807) is 12.1 Å². The summed E-state index contributed by atoms with van der Waals surface area (Å²) in [5, 5.41) is 0.558. The van der Waals surface area contributed by atoms with Gasteiger partial charge in [-0.2, -0.15) is 0 Å². The molecule has 94 valence electrons. The third-order valence-corrected chi connectivity index (χ3v) is 3.69. The van der Waals surface area contributed by atoms with Crippen molar-refractivity contribution in [3.63, 3.8) is 0 Å². The molecule has 0 aliphatic rings. The second-order valence-electron chi connectivity index (χ2n) is 3.94. The van der Waals surface area contributed by atoms with Gasteiger partial charge in [-0.15, -0.1) is 0 Å². The summed E-state index contributed by atoms with van der Waals surface area (Å²) in [4.78, 5) is 0. The molecule has 0 fully saturated rings. The Hall–Kier alpha value is -1.06. The van der Waals surface area contributed by atoms with Crippen molar-refractivity contribution in [2.75, 3.05) is 0 Å². The summed E-state index contributed by atoms with van der Waals surface area (Å²) in [7, 11) is 0. The lowest BCUT2D eigenvalue weighted by atomic mass is 10.2. The van der Waals surface area contributed by atoms with Gasteiger partial charge in [0.05, 0.1) is 9.50 Å². The Balaban J connectivity index is 2.14. The van der Waals surface area contributed by atoms with Crippen LogP contribution in [0, 0.1) is 12.7 Å². The van der Waals surface area contributed by atoms with E-state index in [2.05, 4.69) is 15.9 Å². The van der Waals surface area contributed by atoms with Crippen LogP contribution in [0.2, 0.25) is 5.02 Å². The molecule has 0 N–H and O–H groups in total. The van der Waals surface area contributed by atoms with Crippen molar-refractivity contribution in [1.82, 2.24) is 0 Å². The minimum absolute atomic E-state index is 0.265. The van der Waals surface area contributed by atoms with Crippen LogP contribution < -0.4 is 4.74 Å². The van der Waals surface area contributed by atoms with Gasteiger partial charge in [0.15, 0.2) is 0 Å². The third-order valence-electron chi connectivity index (χ3n) is 2.50. The zero-order valence-electron chi connectivity index (χ0n) is 9.71. The number of hydrogen-bond donors (Lipinski definition) is 0. The van der Waals surface area contributed by atoms with Gasteiger partial charge in [0, 0.05) is 5.56 Å². The zero-order chi connectivity index (χ0) is 13.1. The van der Waals surface area contributed by atoms with Crippen molar-refractivity contribution in [2.45, 2.75) is 13.5 Å². The molecule has 0 unspecified atom stereocenters. The van der Waals surface area contributed by atoms with Crippen LogP contribution in [0.1, 0.15) is 11.1 Å². The van der Waals surface area contributed by atoms with Gasteiger partial charge in [0.1, 0.15) is 18.2 Å². The fourth-order valence-corrected chi connectivity index (χ4v) is 2.21. The maximum Gasteiger partial charge on any atom is 0.138 e. The molecule has 1 nitrogen and oxygen atoms in total. The average molecular weight is 330 g/mol. The summed E-state index contributed by atoms with van der Waals surface area (Å²) in [6.45, 7) is 2.22. The van der Waals surface area contributed by atoms with E-state index in [4.69, 9.17) is 16.3 Å². The largest absolute Gasteiger partial charge is 0.487 e. The smallest absolute Gasteiger partial charge is 0.138 e. The average Bonchev–Trinajstić information content (AvgIpc) is 2.33. The number of halogens is 3. The lowest BCUT2D eigenvalue weighted by Crippen LogP contribution is -1.98. The van der Waals surface area contributed by atoms with Crippen LogP contribution in [0.3, 0.4) is 0 Å². The van der Waals surface area contributed by atoms with Crippen molar-refractivity contribution in [1.29, 1.82) is 0 Å². The summed E-state index contributed by atoms with van der Waals surface area (Å²) < 4.78 is 19.3. The molecule has 2 aromatic rings. The van der Waals surface area contributed by atoms with E-state index in [1.807, 2.05) is 25.1 Å². The Bertz CT molecular complexity index is 572. The van der Waals surface area contributed by atoms with Gasteiger partial charge in [-0.25, -0.2) is 4.39 Å². The predicted octanol–water partition coefficient (Wildman–Crippen LogP) is 5.13. The number of benzene rings is 2. The van der Waals surface area contributed by atoms with Crippen LogP contribution in [0.25, 0.3) is 0 Å². The monoisotopic (exact) mass is 328 g/mol. The highest BCUT2D eigenvalue weighted by Gasteiger charge is 2.07. The summed E-state index contributed by atoms with van der Waals surface area (Å²) in [6, 6.07) is 10.4. The quantitative estimate of drug-likeness (QED) is 0.758. The van der Waals surface area contributed by atoms with Gasteiger partial charge in [-0.1, -0.05) is 29.8 Å². The van der Waals surface area contributed by atoms with Crippen LogP contribution >= 0.6 is 27.5 Å². The summed E-state index contributed by atoms with van der Waals surface area (Å²) in [5.74, 6) is 0.296. The molecule has 0 aromatic heterocycles. The molecule has 2 aromatic carbocycles. The Morgan fingerprint density at radius 3 is 2.78 bits per heavy atom. The fraction of sp³-hybridized carbons (Fsp3) is 0.143. The zero-order valence-corrected chi connectivity index (χ0v) is 12.1. The molecule has 18 heavy (non-hydrogen) atoms. The van der Waals surface area contributed by atoms with Crippen molar-refractivity contribution >= 4 is 27.5 Å². The number of hydrogen-bond acceptors (Lipinski definition) is 1. The Kier molecular flexibility index (Phi) is 4.25. The molecule has 0 bridgehead atoms. The third kappa shape index (κ3) is 3.03. The van der Waals surface area contributed by atoms with Crippen molar-refractivity contribution in [2.24, 2.45) is 0 Å². The van der Waals surface area contributed by atoms with Gasteiger partial charge in [0.2, 0.25) is 0 Å². The molecule has 0 saturated heterocycles. The Morgan fingerprint density at radius 1 is 1.28 bits per heavy atom. The Morgan fingerprint density at radius 2 is 2.06 bits per heavy atom. The topological polar surface area (TPSA) is 9.23 Å². The second-order valence-corrected chi connectivity index (χ2v) is 5.14. The van der Waals surface area contributed by atoms with E-state index in [0.717, 1.165) is 11.1 Å². The van der Waals surface area contributed by atoms with E-state index in [9.17, 15) is 4.39 Å². The van der Waals surface area contributed by atoms with Crippen LogP contribution in [0.5, 0.6) is 5.75 Å². The molecule has 0 spiro atoms. The Labute approximate surface area is 119 Å². The van der Waals surface area contributed by atoms with Crippen molar-refractivity contribution < 1.29 is 9.13 Å². The SMILES string of the molecule is Cc1ccc(OCc2cccc(F)c2Br)c(Cl)c1. The highest BCUT2D eigenvalue weighted by atomic mass is 79.9. The lowest BCUT2D eigenvalue weighted by Gasteiger charge is -2.10. The normalized spacial score (nSPS) is 10.4. The molecule has 4 heteroatoms. The van der Waals surface area contributed by atoms with Crippen LogP contribution in [0.15, 0.2) is 40.9 Å². The molecule has 0 heterocycles. The highest BCUT2D eigenvalue weighted by Crippen LogP contribution is 2.27. The first kappa shape index (κ1) is 13.4. The maximum absolute atomic E-state index is 13.3. The van der Waals surface area contributed by atoms with E-state index in [-0.39, 0.29) is 12.4 Å². The van der Waals surface area contributed by atoms with E-state index in [0.29, 0.717) is 15.2 Å². The van der Waals surface area contributed by atoms with Crippen LogP contribution in [0.4, 0.5) is 4.39 Å². The molecule has 0 radical (unpaired) electrons. The van der Waals surface area contributed by atoms with E-state index >= 15 is 0 Å². The maximum atomic E-state index is 13.3. The summed E-state index contributed by atoms with van der Waals surface area (Å²) in [5.41, 5.74) is 1.81. The van der Waals surface area contributed by atoms with Crippen LogP contribution in [-0.4, -0.2) is 0 Å². The molecule has 0 aliphatic carbocycles. The van der Waals surface area contributed by atoms with E-state index in [1.165, 1.54) is 6.07 Å². The summed E-state index contributed by atoms with van der Waals surface area (Å²) in [6.07, 6.45) is 0. The molecule has 0 aliphatic heterocycles. The summed E-state index contributed by atoms with van der Waals surface area (Å²) >= 11 is 9.25. The number of aryl methyl sites for hydroxylation is 1. The highest BCUT2D eigenvalue weighted by molar-refractivity contribution is 9.10. The first-order valence-corrected chi connectivity index (χ1v) is 6.57. The van der Waals surface area contributed by atoms with E-state index < -0.39 is 0 Å². The first-order chi connectivity index (χ1) is 8.58. The van der Waals surface area contributed by atoms with Gasteiger partial charge < -0.3 is 4.74 Å². The van der Waals surface area contributed by atoms with Gasteiger partial charge in [-0.05, 0) is 46.6 Å². The first-order valence-electron chi connectivity index (χ1n) is 5.40. The number of rotatable bonds is 3. The molecule has 0 amide bonds. The van der Waals surface area contributed by atoms with Gasteiger partial charge in [0.25, 0.3) is 0 Å². The van der Waals surface area contributed by atoms with Gasteiger partial charge >= 0.3 is 0 Å². The molecular weight excluding hydrogens is 319 g/mol.